The first-order valence-electron chi connectivity index (χ1n) is 6.94. The number of aromatic nitrogens is 2. The summed E-state index contributed by atoms with van der Waals surface area (Å²) in [5.41, 5.74) is 1.42. The van der Waals surface area contributed by atoms with E-state index in [1.54, 1.807) is 11.3 Å². The van der Waals surface area contributed by atoms with Crippen molar-refractivity contribution in [2.45, 2.75) is 52.4 Å². The van der Waals surface area contributed by atoms with Gasteiger partial charge in [-0.2, -0.15) is 0 Å². The molecule has 0 spiro atoms. The van der Waals surface area contributed by atoms with Crippen molar-refractivity contribution in [1.29, 1.82) is 0 Å². The number of hydrogen-bond acceptors (Lipinski definition) is 3. The Balaban J connectivity index is 2.04. The van der Waals surface area contributed by atoms with E-state index in [0.717, 1.165) is 34.4 Å². The van der Waals surface area contributed by atoms with Gasteiger partial charge in [-0.3, -0.25) is 4.79 Å². The average molecular weight is 276 g/mol. The van der Waals surface area contributed by atoms with Crippen LogP contribution < -0.4 is 5.56 Å². The van der Waals surface area contributed by atoms with Crippen molar-refractivity contribution in [3.05, 3.63) is 27.1 Å². The summed E-state index contributed by atoms with van der Waals surface area (Å²) >= 11 is 1.58. The first-order chi connectivity index (χ1) is 8.96. The molecule has 0 radical (unpaired) electrons. The Labute approximate surface area is 117 Å². The monoisotopic (exact) mass is 276 g/mol. The van der Waals surface area contributed by atoms with Gasteiger partial charge >= 0.3 is 0 Å². The first-order valence-corrected chi connectivity index (χ1v) is 7.82. The summed E-state index contributed by atoms with van der Waals surface area (Å²) in [7, 11) is 0. The molecule has 1 saturated carbocycles. The lowest BCUT2D eigenvalue weighted by molar-refractivity contribution is 0.215. The van der Waals surface area contributed by atoms with Gasteiger partial charge in [0.1, 0.15) is 10.7 Å². The lowest BCUT2D eigenvalue weighted by Crippen LogP contribution is -2.24. The number of aromatic amines is 1. The number of nitrogens with zero attached hydrogens (tertiary/aromatic N) is 1. The number of H-pyrrole nitrogens is 1. The summed E-state index contributed by atoms with van der Waals surface area (Å²) in [6.45, 7) is 6.59. The third-order valence-electron chi connectivity index (χ3n) is 4.24. The van der Waals surface area contributed by atoms with Crippen LogP contribution in [0.15, 0.2) is 10.2 Å². The van der Waals surface area contributed by atoms with E-state index in [9.17, 15) is 4.79 Å². The molecule has 1 N–H and O–H groups in total. The zero-order valence-electron chi connectivity index (χ0n) is 11.7. The summed E-state index contributed by atoms with van der Waals surface area (Å²) in [5, 5.41) is 2.78. The van der Waals surface area contributed by atoms with E-state index in [1.807, 2.05) is 12.3 Å². The SMILES string of the molecule is Cc1csc2nc(C3CCCC(C)(C)C3)[nH]c(=O)c12. The molecule has 1 aliphatic rings. The van der Waals surface area contributed by atoms with Gasteiger partial charge in [0, 0.05) is 5.92 Å². The van der Waals surface area contributed by atoms with Gasteiger partial charge < -0.3 is 4.98 Å². The van der Waals surface area contributed by atoms with Crippen LogP contribution in [0.2, 0.25) is 0 Å². The van der Waals surface area contributed by atoms with Crippen molar-refractivity contribution in [3.63, 3.8) is 0 Å². The molecule has 4 heteroatoms. The molecule has 0 bridgehead atoms. The highest BCUT2D eigenvalue weighted by Crippen LogP contribution is 2.42. The van der Waals surface area contributed by atoms with Crippen LogP contribution in [-0.2, 0) is 0 Å². The molecule has 0 aromatic carbocycles. The summed E-state index contributed by atoms with van der Waals surface area (Å²) in [6, 6.07) is 0. The quantitative estimate of drug-likeness (QED) is 0.856. The maximum absolute atomic E-state index is 12.2. The van der Waals surface area contributed by atoms with E-state index in [0.29, 0.717) is 11.3 Å². The van der Waals surface area contributed by atoms with Gasteiger partial charge in [0.05, 0.1) is 5.39 Å². The highest BCUT2D eigenvalue weighted by molar-refractivity contribution is 7.16. The maximum atomic E-state index is 12.2. The zero-order valence-corrected chi connectivity index (χ0v) is 12.6. The van der Waals surface area contributed by atoms with Gasteiger partial charge in [-0.25, -0.2) is 4.98 Å². The molecule has 1 unspecified atom stereocenters. The van der Waals surface area contributed by atoms with Gasteiger partial charge in [0.2, 0.25) is 0 Å². The van der Waals surface area contributed by atoms with E-state index in [-0.39, 0.29) is 5.56 Å². The van der Waals surface area contributed by atoms with Crippen molar-refractivity contribution >= 4 is 21.6 Å². The molecule has 3 nitrogen and oxygen atoms in total. The van der Waals surface area contributed by atoms with E-state index in [4.69, 9.17) is 4.98 Å². The summed E-state index contributed by atoms with van der Waals surface area (Å²) in [5.74, 6) is 1.30. The second-order valence-electron chi connectivity index (χ2n) is 6.51. The lowest BCUT2D eigenvalue weighted by atomic mass is 9.72. The van der Waals surface area contributed by atoms with Gasteiger partial charge in [0.15, 0.2) is 0 Å². The first kappa shape index (κ1) is 12.9. The fourth-order valence-corrected chi connectivity index (χ4v) is 4.16. The summed E-state index contributed by atoms with van der Waals surface area (Å²) in [6.07, 6.45) is 4.75. The van der Waals surface area contributed by atoms with E-state index in [2.05, 4.69) is 18.8 Å². The Bertz CT molecular complexity index is 668. The minimum atomic E-state index is 0.0297. The molecule has 102 valence electrons. The minimum Gasteiger partial charge on any atom is -0.310 e. The van der Waals surface area contributed by atoms with Crippen molar-refractivity contribution < 1.29 is 0 Å². The molecule has 3 rings (SSSR count). The van der Waals surface area contributed by atoms with Crippen LogP contribution in [0.1, 0.15) is 56.8 Å². The van der Waals surface area contributed by atoms with Crippen molar-refractivity contribution in [1.82, 2.24) is 9.97 Å². The number of rotatable bonds is 1. The molecule has 1 aliphatic carbocycles. The van der Waals surface area contributed by atoms with Crippen LogP contribution in [0.3, 0.4) is 0 Å². The van der Waals surface area contributed by atoms with Crippen molar-refractivity contribution in [2.75, 3.05) is 0 Å². The topological polar surface area (TPSA) is 45.8 Å². The third-order valence-corrected chi connectivity index (χ3v) is 5.23. The highest BCUT2D eigenvalue weighted by Gasteiger charge is 2.30. The normalized spacial score (nSPS) is 22.8. The maximum Gasteiger partial charge on any atom is 0.259 e. The van der Waals surface area contributed by atoms with Crippen LogP contribution in [0.5, 0.6) is 0 Å². The second kappa shape index (κ2) is 4.44. The molecule has 1 fully saturated rings. The van der Waals surface area contributed by atoms with Gasteiger partial charge in [-0.15, -0.1) is 11.3 Å². The molecular formula is C15H20N2OS. The second-order valence-corrected chi connectivity index (χ2v) is 7.37. The minimum absolute atomic E-state index is 0.0297. The van der Waals surface area contributed by atoms with Gasteiger partial charge in [-0.1, -0.05) is 20.3 Å². The third kappa shape index (κ3) is 2.34. The largest absolute Gasteiger partial charge is 0.310 e. The van der Waals surface area contributed by atoms with E-state index >= 15 is 0 Å². The van der Waals surface area contributed by atoms with E-state index < -0.39 is 0 Å². The smallest absolute Gasteiger partial charge is 0.259 e. The number of fused-ring (bicyclic) bond motifs is 1. The highest BCUT2D eigenvalue weighted by atomic mass is 32.1. The lowest BCUT2D eigenvalue weighted by Gasteiger charge is -2.34. The fraction of sp³-hybridized carbons (Fsp3) is 0.600. The number of thiophene rings is 1. The molecule has 2 aromatic heterocycles. The van der Waals surface area contributed by atoms with Crippen LogP contribution in [0.25, 0.3) is 10.2 Å². The van der Waals surface area contributed by atoms with E-state index in [1.165, 1.54) is 12.8 Å². The van der Waals surface area contributed by atoms with Crippen molar-refractivity contribution in [2.24, 2.45) is 5.41 Å². The fourth-order valence-electron chi connectivity index (χ4n) is 3.23. The van der Waals surface area contributed by atoms with Crippen molar-refractivity contribution in [3.8, 4) is 0 Å². The molecule has 0 aliphatic heterocycles. The predicted octanol–water partition coefficient (Wildman–Crippen LogP) is 3.98. The van der Waals surface area contributed by atoms with Crippen LogP contribution in [0.4, 0.5) is 0 Å². The molecule has 0 saturated heterocycles. The standard InChI is InChI=1S/C15H20N2OS/c1-9-8-19-14-11(9)13(18)16-12(17-14)10-5-4-6-15(2,3)7-10/h8,10H,4-7H2,1-3H3,(H,16,17,18). The van der Waals surface area contributed by atoms with Crippen LogP contribution in [0, 0.1) is 12.3 Å². The Morgan fingerprint density at radius 1 is 1.47 bits per heavy atom. The Hall–Kier alpha value is -1.16. The summed E-state index contributed by atoms with van der Waals surface area (Å²) in [4.78, 5) is 20.8. The molecule has 19 heavy (non-hydrogen) atoms. The Morgan fingerprint density at radius 2 is 2.26 bits per heavy atom. The predicted molar refractivity (Wildman–Crippen MR) is 80.0 cm³/mol. The van der Waals surface area contributed by atoms with Crippen LogP contribution >= 0.6 is 11.3 Å². The molecular weight excluding hydrogens is 256 g/mol. The average Bonchev–Trinajstić information content (AvgIpc) is 2.70. The number of nitrogens with one attached hydrogen (secondary N) is 1. The van der Waals surface area contributed by atoms with Crippen LogP contribution in [-0.4, -0.2) is 9.97 Å². The number of aryl methyl sites for hydroxylation is 1. The molecule has 2 aromatic rings. The molecule has 0 amide bonds. The number of hydrogen-bond donors (Lipinski definition) is 1. The summed E-state index contributed by atoms with van der Waals surface area (Å²) < 4.78 is 0. The zero-order chi connectivity index (χ0) is 13.6. The Morgan fingerprint density at radius 3 is 3.00 bits per heavy atom. The molecule has 1 atom stereocenters. The Kier molecular flexibility index (Phi) is 3.01. The molecule has 2 heterocycles. The van der Waals surface area contributed by atoms with Gasteiger partial charge in [0.25, 0.3) is 5.56 Å². The van der Waals surface area contributed by atoms with Gasteiger partial charge in [-0.05, 0) is 42.5 Å².